The van der Waals surface area contributed by atoms with Crippen molar-refractivity contribution in [2.45, 2.75) is 33.2 Å². The van der Waals surface area contributed by atoms with Gasteiger partial charge in [0.1, 0.15) is 5.82 Å². The first kappa shape index (κ1) is 15.0. The number of nitrogens with one attached hydrogen (secondary N) is 1. The maximum Gasteiger partial charge on any atom is 0.254 e. The SMILES string of the molecule is Cc1cccc(C(=O)NCC2CCN(C(C)C)C2)c1F. The van der Waals surface area contributed by atoms with Crippen LogP contribution in [0.15, 0.2) is 18.2 Å². The fourth-order valence-electron chi connectivity index (χ4n) is 2.65. The van der Waals surface area contributed by atoms with E-state index in [4.69, 9.17) is 0 Å². The van der Waals surface area contributed by atoms with Gasteiger partial charge in [-0.25, -0.2) is 4.39 Å². The molecule has 1 saturated heterocycles. The van der Waals surface area contributed by atoms with E-state index in [1.165, 1.54) is 6.07 Å². The summed E-state index contributed by atoms with van der Waals surface area (Å²) in [6.45, 7) is 8.75. The molecule has 1 aliphatic rings. The van der Waals surface area contributed by atoms with Gasteiger partial charge in [0.25, 0.3) is 5.91 Å². The molecule has 3 nitrogen and oxygen atoms in total. The van der Waals surface area contributed by atoms with E-state index >= 15 is 0 Å². The van der Waals surface area contributed by atoms with Gasteiger partial charge in [0, 0.05) is 19.1 Å². The van der Waals surface area contributed by atoms with E-state index in [1.807, 2.05) is 0 Å². The summed E-state index contributed by atoms with van der Waals surface area (Å²) >= 11 is 0. The van der Waals surface area contributed by atoms with Gasteiger partial charge in [0.2, 0.25) is 0 Å². The standard InChI is InChI=1S/C16H23FN2O/c1-11(2)19-8-7-13(10-19)9-18-16(20)14-6-4-5-12(3)15(14)17/h4-6,11,13H,7-10H2,1-3H3,(H,18,20). The second-order valence-electron chi connectivity index (χ2n) is 5.89. The predicted molar refractivity (Wildman–Crippen MR) is 78.3 cm³/mol. The summed E-state index contributed by atoms with van der Waals surface area (Å²) in [5.74, 6) is -0.261. The first-order valence-electron chi connectivity index (χ1n) is 7.26. The Bertz CT molecular complexity index is 487. The Balaban J connectivity index is 1.89. The summed E-state index contributed by atoms with van der Waals surface area (Å²) in [4.78, 5) is 14.4. The van der Waals surface area contributed by atoms with Crippen molar-refractivity contribution >= 4 is 5.91 Å². The number of hydrogen-bond acceptors (Lipinski definition) is 2. The average Bonchev–Trinajstić information content (AvgIpc) is 2.88. The van der Waals surface area contributed by atoms with Crippen molar-refractivity contribution in [3.63, 3.8) is 0 Å². The van der Waals surface area contributed by atoms with Crippen LogP contribution in [-0.4, -0.2) is 36.5 Å². The van der Waals surface area contributed by atoms with Gasteiger partial charge in [0.05, 0.1) is 5.56 Å². The lowest BCUT2D eigenvalue weighted by Gasteiger charge is -2.20. The van der Waals surface area contributed by atoms with Crippen LogP contribution < -0.4 is 5.32 Å². The quantitative estimate of drug-likeness (QED) is 0.918. The molecule has 0 saturated carbocycles. The summed E-state index contributed by atoms with van der Waals surface area (Å²) in [5.41, 5.74) is 0.646. The van der Waals surface area contributed by atoms with Crippen molar-refractivity contribution in [3.05, 3.63) is 35.1 Å². The molecule has 0 bridgehead atoms. The highest BCUT2D eigenvalue weighted by molar-refractivity contribution is 5.94. The fourth-order valence-corrected chi connectivity index (χ4v) is 2.65. The molecule has 1 amide bonds. The van der Waals surface area contributed by atoms with Gasteiger partial charge in [-0.1, -0.05) is 12.1 Å². The lowest BCUT2D eigenvalue weighted by atomic mass is 10.1. The minimum atomic E-state index is -0.416. The molecular formula is C16H23FN2O. The number of rotatable bonds is 4. The third-order valence-electron chi connectivity index (χ3n) is 4.04. The molecule has 1 aromatic rings. The van der Waals surface area contributed by atoms with E-state index in [2.05, 4.69) is 24.1 Å². The Morgan fingerprint density at radius 3 is 2.90 bits per heavy atom. The van der Waals surface area contributed by atoms with E-state index in [1.54, 1.807) is 19.1 Å². The van der Waals surface area contributed by atoms with E-state index in [0.717, 1.165) is 19.5 Å². The Hall–Kier alpha value is -1.42. The number of carbonyl (C=O) groups is 1. The maximum absolute atomic E-state index is 13.9. The van der Waals surface area contributed by atoms with Crippen molar-refractivity contribution < 1.29 is 9.18 Å². The molecule has 1 heterocycles. The van der Waals surface area contributed by atoms with E-state index in [-0.39, 0.29) is 11.5 Å². The van der Waals surface area contributed by atoms with Gasteiger partial charge in [-0.15, -0.1) is 0 Å². The zero-order chi connectivity index (χ0) is 14.7. The molecule has 0 aliphatic carbocycles. The van der Waals surface area contributed by atoms with Gasteiger partial charge in [-0.2, -0.15) is 0 Å². The van der Waals surface area contributed by atoms with Crippen LogP contribution in [0.4, 0.5) is 4.39 Å². The Morgan fingerprint density at radius 1 is 1.50 bits per heavy atom. The van der Waals surface area contributed by atoms with Crippen molar-refractivity contribution in [3.8, 4) is 0 Å². The number of hydrogen-bond donors (Lipinski definition) is 1. The molecule has 1 aromatic carbocycles. The Kier molecular flexibility index (Phi) is 4.76. The number of halogens is 1. The van der Waals surface area contributed by atoms with Gasteiger partial charge in [-0.3, -0.25) is 4.79 Å². The molecule has 1 unspecified atom stereocenters. The lowest BCUT2D eigenvalue weighted by Crippen LogP contribution is -2.33. The molecule has 1 N–H and O–H groups in total. The minimum Gasteiger partial charge on any atom is -0.352 e. The van der Waals surface area contributed by atoms with E-state index in [9.17, 15) is 9.18 Å². The highest BCUT2D eigenvalue weighted by atomic mass is 19.1. The highest BCUT2D eigenvalue weighted by Gasteiger charge is 2.24. The van der Waals surface area contributed by atoms with Crippen molar-refractivity contribution in [1.29, 1.82) is 0 Å². The van der Waals surface area contributed by atoms with E-state index in [0.29, 0.717) is 24.1 Å². The van der Waals surface area contributed by atoms with Gasteiger partial charge >= 0.3 is 0 Å². The monoisotopic (exact) mass is 278 g/mol. The summed E-state index contributed by atoms with van der Waals surface area (Å²) in [5, 5.41) is 2.86. The minimum absolute atomic E-state index is 0.142. The van der Waals surface area contributed by atoms with Crippen LogP contribution >= 0.6 is 0 Å². The number of amides is 1. The molecule has 1 aliphatic heterocycles. The first-order valence-corrected chi connectivity index (χ1v) is 7.26. The number of aryl methyl sites for hydroxylation is 1. The van der Waals surface area contributed by atoms with Crippen LogP contribution in [0.5, 0.6) is 0 Å². The molecular weight excluding hydrogens is 255 g/mol. The summed E-state index contributed by atoms with van der Waals surface area (Å²) < 4.78 is 13.9. The molecule has 2 rings (SSSR count). The third kappa shape index (κ3) is 3.37. The molecule has 4 heteroatoms. The fraction of sp³-hybridized carbons (Fsp3) is 0.562. The van der Waals surface area contributed by atoms with Crippen LogP contribution in [0, 0.1) is 18.7 Å². The molecule has 1 fully saturated rings. The van der Waals surface area contributed by atoms with Crippen LogP contribution in [0.1, 0.15) is 36.2 Å². The number of carbonyl (C=O) groups excluding carboxylic acids is 1. The van der Waals surface area contributed by atoms with Crippen LogP contribution in [0.2, 0.25) is 0 Å². The second kappa shape index (κ2) is 6.35. The van der Waals surface area contributed by atoms with Gasteiger partial charge in [0.15, 0.2) is 0 Å². The molecule has 0 spiro atoms. The van der Waals surface area contributed by atoms with Crippen molar-refractivity contribution in [1.82, 2.24) is 10.2 Å². The molecule has 0 aromatic heterocycles. The van der Waals surface area contributed by atoms with Crippen LogP contribution in [0.25, 0.3) is 0 Å². The van der Waals surface area contributed by atoms with E-state index < -0.39 is 5.82 Å². The van der Waals surface area contributed by atoms with Gasteiger partial charge < -0.3 is 10.2 Å². The van der Waals surface area contributed by atoms with Crippen molar-refractivity contribution in [2.75, 3.05) is 19.6 Å². The number of nitrogens with zero attached hydrogens (tertiary/aromatic N) is 1. The smallest absolute Gasteiger partial charge is 0.254 e. The largest absolute Gasteiger partial charge is 0.352 e. The first-order chi connectivity index (χ1) is 9.49. The normalized spacial score (nSPS) is 19.6. The molecule has 110 valence electrons. The summed E-state index contributed by atoms with van der Waals surface area (Å²) in [6.07, 6.45) is 1.09. The maximum atomic E-state index is 13.9. The summed E-state index contributed by atoms with van der Waals surface area (Å²) in [7, 11) is 0. The third-order valence-corrected chi connectivity index (χ3v) is 4.04. The molecule has 20 heavy (non-hydrogen) atoms. The second-order valence-corrected chi connectivity index (χ2v) is 5.89. The lowest BCUT2D eigenvalue weighted by molar-refractivity contribution is 0.0943. The molecule has 1 atom stereocenters. The average molecular weight is 278 g/mol. The Morgan fingerprint density at radius 2 is 2.25 bits per heavy atom. The zero-order valence-corrected chi connectivity index (χ0v) is 12.4. The van der Waals surface area contributed by atoms with Crippen molar-refractivity contribution in [2.24, 2.45) is 5.92 Å². The Labute approximate surface area is 120 Å². The van der Waals surface area contributed by atoms with Crippen LogP contribution in [-0.2, 0) is 0 Å². The molecule has 0 radical (unpaired) electrons. The van der Waals surface area contributed by atoms with Gasteiger partial charge in [-0.05, 0) is 51.3 Å². The topological polar surface area (TPSA) is 32.3 Å². The summed E-state index contributed by atoms with van der Waals surface area (Å²) in [6, 6.07) is 5.46. The van der Waals surface area contributed by atoms with Crippen LogP contribution in [0.3, 0.4) is 0 Å². The zero-order valence-electron chi connectivity index (χ0n) is 12.4. The highest BCUT2D eigenvalue weighted by Crippen LogP contribution is 2.18. The number of benzene rings is 1. The predicted octanol–water partition coefficient (Wildman–Crippen LogP) is 2.59. The number of likely N-dealkylation sites (tertiary alicyclic amines) is 1.